The van der Waals surface area contributed by atoms with E-state index in [0.29, 0.717) is 16.7 Å². The molecule has 0 fully saturated rings. The van der Waals surface area contributed by atoms with Crippen LogP contribution in [-0.2, 0) is 0 Å². The maximum Gasteiger partial charge on any atom is 0.191 e. The Morgan fingerprint density at radius 3 is 1.76 bits per heavy atom. The maximum atomic E-state index is 11.0. The van der Waals surface area contributed by atoms with Crippen LogP contribution in [0.2, 0.25) is 0 Å². The zero-order chi connectivity index (χ0) is 15.8. The molecule has 0 saturated carbocycles. The average molecular weight is 479 g/mol. The molecule has 0 aromatic carbocycles. The standard InChI is InChI=1S/C7H5Br2NO.C7H6BrNO/c8-3-7(11)6-2-1-5(9)4-10-6;1-5(10)7-3-2-6(8)4-9-7/h1-2,4H,3H2;2-4H,1H3. The number of rotatable bonds is 3. The number of carbonyl (C=O) groups is 2. The fourth-order valence-corrected chi connectivity index (χ4v) is 1.95. The van der Waals surface area contributed by atoms with Crippen LogP contribution in [-0.4, -0.2) is 26.9 Å². The van der Waals surface area contributed by atoms with Gasteiger partial charge in [-0.05, 0) is 56.1 Å². The van der Waals surface area contributed by atoms with E-state index in [9.17, 15) is 9.59 Å². The highest BCUT2D eigenvalue weighted by molar-refractivity contribution is 9.10. The fourth-order valence-electron chi connectivity index (χ4n) is 1.19. The van der Waals surface area contributed by atoms with E-state index < -0.39 is 0 Å². The number of ketones is 2. The summed E-state index contributed by atoms with van der Waals surface area (Å²) in [6.45, 7) is 1.50. The first-order valence-electron chi connectivity index (χ1n) is 5.77. The van der Waals surface area contributed by atoms with E-state index in [4.69, 9.17) is 0 Å². The van der Waals surface area contributed by atoms with Crippen molar-refractivity contribution >= 4 is 59.4 Å². The number of hydrogen-bond donors (Lipinski definition) is 0. The van der Waals surface area contributed by atoms with Crippen LogP contribution in [0, 0.1) is 0 Å². The molecule has 0 bridgehead atoms. The predicted octanol–water partition coefficient (Wildman–Crippen LogP) is 4.47. The lowest BCUT2D eigenvalue weighted by Crippen LogP contribution is -2.01. The van der Waals surface area contributed by atoms with Gasteiger partial charge < -0.3 is 0 Å². The van der Waals surface area contributed by atoms with Crippen molar-refractivity contribution in [2.45, 2.75) is 6.92 Å². The van der Waals surface area contributed by atoms with E-state index in [0.717, 1.165) is 8.95 Å². The van der Waals surface area contributed by atoms with Gasteiger partial charge in [-0.1, -0.05) is 15.9 Å². The van der Waals surface area contributed by atoms with Crippen LogP contribution < -0.4 is 0 Å². The van der Waals surface area contributed by atoms with Gasteiger partial charge >= 0.3 is 0 Å². The van der Waals surface area contributed by atoms with Gasteiger partial charge in [0.15, 0.2) is 11.6 Å². The molecule has 0 aliphatic heterocycles. The van der Waals surface area contributed by atoms with Gasteiger partial charge in [0, 0.05) is 28.3 Å². The van der Waals surface area contributed by atoms with Crippen molar-refractivity contribution in [2.75, 3.05) is 5.33 Å². The predicted molar refractivity (Wildman–Crippen MR) is 92.0 cm³/mol. The van der Waals surface area contributed by atoms with Gasteiger partial charge in [-0.25, -0.2) is 0 Å². The summed E-state index contributed by atoms with van der Waals surface area (Å²) in [5, 5.41) is 0.321. The van der Waals surface area contributed by atoms with Crippen LogP contribution >= 0.6 is 47.8 Å². The molecule has 0 aliphatic carbocycles. The molecular formula is C14H11Br3N2O2. The second-order valence-electron chi connectivity index (χ2n) is 3.84. The maximum absolute atomic E-state index is 11.0. The molecule has 7 heteroatoms. The fraction of sp³-hybridized carbons (Fsp3) is 0.143. The van der Waals surface area contributed by atoms with Gasteiger partial charge in [-0.2, -0.15) is 0 Å². The number of aromatic nitrogens is 2. The minimum Gasteiger partial charge on any atom is -0.293 e. The van der Waals surface area contributed by atoms with Crippen LogP contribution in [0.3, 0.4) is 0 Å². The van der Waals surface area contributed by atoms with E-state index in [1.807, 2.05) is 0 Å². The van der Waals surface area contributed by atoms with Crippen molar-refractivity contribution < 1.29 is 9.59 Å². The molecule has 0 radical (unpaired) electrons. The molecule has 21 heavy (non-hydrogen) atoms. The van der Waals surface area contributed by atoms with Crippen molar-refractivity contribution in [1.82, 2.24) is 9.97 Å². The molecule has 110 valence electrons. The lowest BCUT2D eigenvalue weighted by Gasteiger charge is -1.94. The number of Topliss-reactive ketones (excluding diaryl/α,β-unsaturated/α-hetero) is 2. The van der Waals surface area contributed by atoms with E-state index in [1.165, 1.54) is 6.92 Å². The third-order valence-electron chi connectivity index (χ3n) is 2.22. The molecule has 0 aliphatic rings. The molecule has 0 spiro atoms. The highest BCUT2D eigenvalue weighted by Crippen LogP contribution is 2.08. The van der Waals surface area contributed by atoms with Crippen molar-refractivity contribution in [3.05, 3.63) is 57.0 Å². The number of nitrogens with zero attached hydrogens (tertiary/aromatic N) is 2. The van der Waals surface area contributed by atoms with Crippen LogP contribution in [0.1, 0.15) is 27.9 Å². The minimum atomic E-state index is -0.00694. The SMILES string of the molecule is CC(=O)c1ccc(Br)cn1.O=C(CBr)c1ccc(Br)cn1. The monoisotopic (exact) mass is 476 g/mol. The Morgan fingerprint density at radius 2 is 1.43 bits per heavy atom. The molecule has 0 amide bonds. The summed E-state index contributed by atoms with van der Waals surface area (Å²) in [6, 6.07) is 6.96. The topological polar surface area (TPSA) is 59.9 Å². The summed E-state index contributed by atoms with van der Waals surface area (Å²) < 4.78 is 1.76. The summed E-state index contributed by atoms with van der Waals surface area (Å²) in [4.78, 5) is 29.5. The Kier molecular flexibility index (Phi) is 7.92. The Labute approximate surface area is 147 Å². The van der Waals surface area contributed by atoms with Crippen LogP contribution in [0.25, 0.3) is 0 Å². The smallest absolute Gasteiger partial charge is 0.191 e. The highest BCUT2D eigenvalue weighted by Gasteiger charge is 2.03. The summed E-state index contributed by atoms with van der Waals surface area (Å²) in [6.07, 6.45) is 3.21. The van der Waals surface area contributed by atoms with Crippen molar-refractivity contribution in [2.24, 2.45) is 0 Å². The van der Waals surface area contributed by atoms with Crippen molar-refractivity contribution in [3.8, 4) is 0 Å². The lowest BCUT2D eigenvalue weighted by molar-refractivity contribution is 0.100. The van der Waals surface area contributed by atoms with Gasteiger partial charge in [0.1, 0.15) is 11.4 Å². The molecule has 0 N–H and O–H groups in total. The quantitative estimate of drug-likeness (QED) is 0.482. The molecule has 4 nitrogen and oxygen atoms in total. The Bertz CT molecular complexity index is 613. The van der Waals surface area contributed by atoms with Crippen molar-refractivity contribution in [1.29, 1.82) is 0 Å². The van der Waals surface area contributed by atoms with Gasteiger partial charge in [-0.15, -0.1) is 0 Å². The second kappa shape index (κ2) is 9.17. The minimum absolute atomic E-state index is 0.00231. The van der Waals surface area contributed by atoms with Gasteiger partial charge in [0.25, 0.3) is 0 Å². The van der Waals surface area contributed by atoms with Gasteiger partial charge in [-0.3, -0.25) is 19.6 Å². The number of alkyl halides is 1. The molecule has 2 heterocycles. The zero-order valence-electron chi connectivity index (χ0n) is 11.0. The Morgan fingerprint density at radius 1 is 0.952 bits per heavy atom. The Balaban J connectivity index is 0.000000211. The molecule has 0 unspecified atom stereocenters. The first-order chi connectivity index (χ1) is 9.93. The molecule has 0 atom stereocenters. The van der Waals surface area contributed by atoms with Crippen molar-refractivity contribution in [3.63, 3.8) is 0 Å². The largest absolute Gasteiger partial charge is 0.293 e. The van der Waals surface area contributed by atoms with E-state index >= 15 is 0 Å². The van der Waals surface area contributed by atoms with Crippen LogP contribution in [0.15, 0.2) is 45.6 Å². The molecule has 2 aromatic heterocycles. The molecule has 2 aromatic rings. The number of pyridine rings is 2. The van der Waals surface area contributed by atoms with Crippen LogP contribution in [0.4, 0.5) is 0 Å². The second-order valence-corrected chi connectivity index (χ2v) is 6.23. The average Bonchev–Trinajstić information content (AvgIpc) is 2.48. The summed E-state index contributed by atoms with van der Waals surface area (Å²) >= 11 is 9.52. The van der Waals surface area contributed by atoms with Gasteiger partial charge in [0.05, 0.1) is 5.33 Å². The highest BCUT2D eigenvalue weighted by atomic mass is 79.9. The summed E-state index contributed by atoms with van der Waals surface area (Å²) in [7, 11) is 0. The first kappa shape index (κ1) is 18.1. The normalized spacial score (nSPS) is 9.52. The molecule has 0 saturated heterocycles. The lowest BCUT2D eigenvalue weighted by atomic mass is 10.3. The summed E-state index contributed by atoms with van der Waals surface area (Å²) in [5.74, 6) is -0.00926. The number of hydrogen-bond acceptors (Lipinski definition) is 4. The Hall–Kier alpha value is -0.920. The van der Waals surface area contributed by atoms with Gasteiger partial charge in [0.2, 0.25) is 0 Å². The third kappa shape index (κ3) is 6.58. The molecule has 2 rings (SSSR count). The summed E-state index contributed by atoms with van der Waals surface area (Å²) in [5.41, 5.74) is 0.994. The molecular weight excluding hydrogens is 468 g/mol. The first-order valence-corrected chi connectivity index (χ1v) is 8.48. The van der Waals surface area contributed by atoms with E-state index in [1.54, 1.807) is 36.7 Å². The number of halogens is 3. The zero-order valence-corrected chi connectivity index (χ0v) is 15.8. The third-order valence-corrected chi connectivity index (χ3v) is 3.67. The van der Waals surface area contributed by atoms with E-state index in [2.05, 4.69) is 57.8 Å². The van der Waals surface area contributed by atoms with Crippen LogP contribution in [0.5, 0.6) is 0 Å². The number of carbonyl (C=O) groups excluding carboxylic acids is 2. The van der Waals surface area contributed by atoms with E-state index in [-0.39, 0.29) is 11.6 Å².